The van der Waals surface area contributed by atoms with E-state index in [2.05, 4.69) is 44.3 Å². The summed E-state index contributed by atoms with van der Waals surface area (Å²) in [4.78, 5) is 31.0. The number of nitrogens with one attached hydrogen (secondary N) is 1. The number of aliphatic hydroxyl groups is 1. The van der Waals surface area contributed by atoms with Crippen LogP contribution < -0.4 is 5.32 Å². The topological polar surface area (TPSA) is 95.0 Å². The van der Waals surface area contributed by atoms with Crippen molar-refractivity contribution in [3.05, 3.63) is 62.3 Å². The normalized spacial score (nSPS) is 17.5. The molecular weight excluding hydrogens is 560 g/mol. The van der Waals surface area contributed by atoms with Gasteiger partial charge in [0.2, 0.25) is 6.41 Å². The van der Waals surface area contributed by atoms with Gasteiger partial charge in [-0.05, 0) is 90.9 Å². The molecule has 2 amide bonds. The Balaban J connectivity index is 0.000000479. The van der Waals surface area contributed by atoms with Crippen LogP contribution in [0.3, 0.4) is 0 Å². The Kier molecular flexibility index (Phi) is 10.8. The molecule has 2 N–H and O–H groups in total. The summed E-state index contributed by atoms with van der Waals surface area (Å²) in [5.41, 5.74) is 4.42. The fourth-order valence-corrected chi connectivity index (χ4v) is 5.08. The largest absolute Gasteiger partial charge is 0.444 e. The van der Waals surface area contributed by atoms with Crippen LogP contribution in [-0.4, -0.2) is 77.3 Å². The molecule has 0 saturated carbocycles. The number of carbonyl (C=O) groups is 2. The number of hydrogen-bond donors (Lipinski definition) is 2. The summed E-state index contributed by atoms with van der Waals surface area (Å²) in [6.45, 7) is 9.22. The maximum absolute atomic E-state index is 12.5. The summed E-state index contributed by atoms with van der Waals surface area (Å²) >= 11 is 9.88. The number of halogens is 2. The molecular formula is C27H36BrClN4O4. The number of ether oxygens (including phenoxy) is 1. The molecule has 4 rings (SSSR count). The molecule has 1 aliphatic carbocycles. The maximum atomic E-state index is 12.5. The molecule has 2 aliphatic rings. The number of amides is 2. The van der Waals surface area contributed by atoms with Gasteiger partial charge < -0.3 is 20.1 Å². The molecule has 0 bridgehead atoms. The third-order valence-electron chi connectivity index (χ3n) is 6.18. The molecule has 202 valence electrons. The van der Waals surface area contributed by atoms with Crippen molar-refractivity contribution in [3.63, 3.8) is 0 Å². The highest BCUT2D eigenvalue weighted by Gasteiger charge is 2.34. The summed E-state index contributed by atoms with van der Waals surface area (Å²) < 4.78 is 6.55. The zero-order valence-electron chi connectivity index (χ0n) is 21.7. The SMILES string of the molecule is CC(C)(C)OC(=O)N1CCN(C2c3ccc(Cl)cc3CCc3cc(Br)cnc32)CC1.O=CNCCCO. The number of aryl methyl sites for hydroxylation is 2. The number of benzene rings is 1. The molecule has 1 saturated heterocycles. The van der Waals surface area contributed by atoms with Crippen LogP contribution in [-0.2, 0) is 22.4 Å². The minimum absolute atomic E-state index is 0.0589. The molecule has 2 aromatic rings. The van der Waals surface area contributed by atoms with E-state index in [-0.39, 0.29) is 18.7 Å². The highest BCUT2D eigenvalue weighted by Crippen LogP contribution is 2.38. The van der Waals surface area contributed by atoms with Crippen LogP contribution >= 0.6 is 27.5 Å². The third kappa shape index (κ3) is 8.40. The van der Waals surface area contributed by atoms with Gasteiger partial charge >= 0.3 is 6.09 Å². The van der Waals surface area contributed by atoms with Crippen LogP contribution in [0.15, 0.2) is 34.9 Å². The zero-order chi connectivity index (χ0) is 27.0. The molecule has 0 radical (unpaired) electrons. The second kappa shape index (κ2) is 13.6. The first-order valence-corrected chi connectivity index (χ1v) is 13.7. The van der Waals surface area contributed by atoms with Gasteiger partial charge in [0.15, 0.2) is 0 Å². The van der Waals surface area contributed by atoms with Crippen molar-refractivity contribution in [2.45, 2.75) is 51.7 Å². The lowest BCUT2D eigenvalue weighted by Gasteiger charge is -2.40. The van der Waals surface area contributed by atoms with E-state index in [4.69, 9.17) is 26.4 Å². The van der Waals surface area contributed by atoms with Crippen molar-refractivity contribution in [1.29, 1.82) is 0 Å². The van der Waals surface area contributed by atoms with E-state index >= 15 is 0 Å². The number of aromatic nitrogens is 1. The summed E-state index contributed by atoms with van der Waals surface area (Å²) in [6.07, 6.45) is 4.77. The molecule has 1 aliphatic heterocycles. The van der Waals surface area contributed by atoms with Gasteiger partial charge in [-0.2, -0.15) is 0 Å². The molecule has 0 spiro atoms. The molecule has 2 heterocycles. The highest BCUT2D eigenvalue weighted by atomic mass is 79.9. The molecule has 10 heteroatoms. The summed E-state index contributed by atoms with van der Waals surface area (Å²) in [5, 5.41) is 11.3. The Morgan fingerprint density at radius 3 is 2.57 bits per heavy atom. The van der Waals surface area contributed by atoms with Gasteiger partial charge in [-0.1, -0.05) is 17.7 Å². The fourth-order valence-electron chi connectivity index (χ4n) is 4.51. The predicted molar refractivity (Wildman–Crippen MR) is 148 cm³/mol. The number of nitrogens with zero attached hydrogens (tertiary/aromatic N) is 3. The van der Waals surface area contributed by atoms with E-state index in [0.29, 0.717) is 32.5 Å². The number of hydrogen-bond acceptors (Lipinski definition) is 6. The first kappa shape index (κ1) is 29.4. The van der Waals surface area contributed by atoms with Gasteiger partial charge in [0.1, 0.15) is 5.60 Å². The first-order valence-electron chi connectivity index (χ1n) is 12.6. The predicted octanol–water partition coefficient (Wildman–Crippen LogP) is 4.35. The highest BCUT2D eigenvalue weighted by molar-refractivity contribution is 9.10. The fraction of sp³-hybridized carbons (Fsp3) is 0.519. The molecule has 1 fully saturated rings. The zero-order valence-corrected chi connectivity index (χ0v) is 24.0. The lowest BCUT2D eigenvalue weighted by Crippen LogP contribution is -2.51. The van der Waals surface area contributed by atoms with Crippen LogP contribution in [0.2, 0.25) is 5.02 Å². The van der Waals surface area contributed by atoms with Crippen LogP contribution in [0, 0.1) is 0 Å². The molecule has 8 nitrogen and oxygen atoms in total. The van der Waals surface area contributed by atoms with Gasteiger partial charge in [-0.3, -0.25) is 14.7 Å². The molecule has 1 atom stereocenters. The summed E-state index contributed by atoms with van der Waals surface area (Å²) in [7, 11) is 0. The number of aliphatic hydroxyl groups excluding tert-OH is 1. The molecule has 1 aromatic heterocycles. The minimum Gasteiger partial charge on any atom is -0.444 e. The van der Waals surface area contributed by atoms with E-state index in [1.807, 2.05) is 33.0 Å². The van der Waals surface area contributed by atoms with Crippen molar-refractivity contribution < 1.29 is 19.4 Å². The second-order valence-electron chi connectivity index (χ2n) is 10.1. The van der Waals surface area contributed by atoms with Crippen molar-refractivity contribution in [2.24, 2.45) is 0 Å². The molecule has 37 heavy (non-hydrogen) atoms. The number of fused-ring (bicyclic) bond motifs is 2. The summed E-state index contributed by atoms with van der Waals surface area (Å²) in [6, 6.07) is 8.43. The van der Waals surface area contributed by atoms with Gasteiger partial charge in [0.25, 0.3) is 0 Å². The monoisotopic (exact) mass is 594 g/mol. The third-order valence-corrected chi connectivity index (χ3v) is 6.85. The lowest BCUT2D eigenvalue weighted by atomic mass is 9.96. The first-order chi connectivity index (χ1) is 17.6. The van der Waals surface area contributed by atoms with Crippen molar-refractivity contribution >= 4 is 40.0 Å². The minimum atomic E-state index is -0.482. The number of pyridine rings is 1. The Hall–Kier alpha value is -2.20. The van der Waals surface area contributed by atoms with Crippen LogP contribution in [0.4, 0.5) is 4.79 Å². The van der Waals surface area contributed by atoms with Crippen LogP contribution in [0.5, 0.6) is 0 Å². The summed E-state index contributed by atoms with van der Waals surface area (Å²) in [5.74, 6) is 0. The smallest absolute Gasteiger partial charge is 0.410 e. The van der Waals surface area contributed by atoms with Gasteiger partial charge in [0, 0.05) is 55.0 Å². The van der Waals surface area contributed by atoms with E-state index in [9.17, 15) is 9.59 Å². The number of rotatable bonds is 5. The lowest BCUT2D eigenvalue weighted by molar-refractivity contribution is -0.109. The quantitative estimate of drug-likeness (QED) is 0.394. The van der Waals surface area contributed by atoms with E-state index < -0.39 is 5.60 Å². The van der Waals surface area contributed by atoms with Crippen molar-refractivity contribution in [1.82, 2.24) is 20.1 Å². The Labute approximate surface area is 232 Å². The number of piperazine rings is 1. The van der Waals surface area contributed by atoms with E-state index in [1.165, 1.54) is 16.7 Å². The van der Waals surface area contributed by atoms with Crippen LogP contribution in [0.25, 0.3) is 0 Å². The van der Waals surface area contributed by atoms with Gasteiger partial charge in [-0.25, -0.2) is 4.79 Å². The average Bonchev–Trinajstić information content (AvgIpc) is 3.00. The van der Waals surface area contributed by atoms with E-state index in [1.54, 1.807) is 4.90 Å². The van der Waals surface area contributed by atoms with Crippen LogP contribution in [0.1, 0.15) is 55.6 Å². The second-order valence-corrected chi connectivity index (χ2v) is 11.4. The van der Waals surface area contributed by atoms with Crippen molar-refractivity contribution in [3.8, 4) is 0 Å². The average molecular weight is 596 g/mol. The Morgan fingerprint density at radius 2 is 1.92 bits per heavy atom. The van der Waals surface area contributed by atoms with Crippen molar-refractivity contribution in [2.75, 3.05) is 39.3 Å². The van der Waals surface area contributed by atoms with Gasteiger partial charge in [0.05, 0.1) is 11.7 Å². The standard InChI is InChI=1S/C23H27BrClN3O2.C4H9NO2/c1-23(2,3)30-22(29)28-10-8-27(9-11-28)21-19-7-6-18(25)13-15(19)4-5-16-12-17(24)14-26-20(16)21;6-3-1-2-5-4-7/h6-7,12-14,21H,4-5,8-11H2,1-3H3;4,6H,1-3H2,(H,5,7). The molecule has 1 unspecified atom stereocenters. The van der Waals surface area contributed by atoms with Gasteiger partial charge in [-0.15, -0.1) is 0 Å². The Bertz CT molecular complexity index is 1020. The number of carbonyl (C=O) groups excluding carboxylic acids is 2. The maximum Gasteiger partial charge on any atom is 0.410 e. The molecule has 1 aromatic carbocycles. The Morgan fingerprint density at radius 1 is 1.22 bits per heavy atom. The van der Waals surface area contributed by atoms with E-state index in [0.717, 1.165) is 41.1 Å².